The number of rotatable bonds is 4. The number of nitrogens with one attached hydrogen (secondary N) is 2. The minimum Gasteiger partial charge on any atom is -0.353 e. The van der Waals surface area contributed by atoms with E-state index in [0.717, 1.165) is 24.9 Å². The number of carbonyl (C=O) groups excluding carboxylic acids is 1. The van der Waals surface area contributed by atoms with Gasteiger partial charge in [0.1, 0.15) is 0 Å². The molecule has 1 unspecified atom stereocenters. The largest absolute Gasteiger partial charge is 0.353 e. The van der Waals surface area contributed by atoms with Crippen LogP contribution in [0.2, 0.25) is 10.0 Å². The van der Waals surface area contributed by atoms with Crippen molar-refractivity contribution in [3.05, 3.63) is 33.8 Å². The zero-order chi connectivity index (χ0) is 15.4. The normalized spacial score (nSPS) is 22.5. The van der Waals surface area contributed by atoms with E-state index in [1.54, 1.807) is 6.07 Å². The fourth-order valence-electron chi connectivity index (χ4n) is 2.80. The molecule has 22 heavy (non-hydrogen) atoms. The minimum atomic E-state index is 0. The van der Waals surface area contributed by atoms with Crippen LogP contribution in [0.25, 0.3) is 0 Å². The summed E-state index contributed by atoms with van der Waals surface area (Å²) in [5.41, 5.74) is 1.01. The van der Waals surface area contributed by atoms with Crippen molar-refractivity contribution in [3.8, 4) is 0 Å². The summed E-state index contributed by atoms with van der Waals surface area (Å²) in [6.45, 7) is 5.04. The van der Waals surface area contributed by atoms with Crippen molar-refractivity contribution in [1.29, 1.82) is 0 Å². The molecule has 0 aromatic heterocycles. The van der Waals surface area contributed by atoms with Crippen molar-refractivity contribution >= 4 is 41.5 Å². The summed E-state index contributed by atoms with van der Waals surface area (Å²) in [4.78, 5) is 12.3. The van der Waals surface area contributed by atoms with E-state index in [4.69, 9.17) is 23.2 Å². The maximum absolute atomic E-state index is 12.3. The Kier molecular flexibility index (Phi) is 7.98. The van der Waals surface area contributed by atoms with Gasteiger partial charge < -0.3 is 10.6 Å². The fourth-order valence-corrected chi connectivity index (χ4v) is 3.28. The van der Waals surface area contributed by atoms with E-state index in [0.29, 0.717) is 22.5 Å². The van der Waals surface area contributed by atoms with Gasteiger partial charge in [0, 0.05) is 28.0 Å². The molecule has 6 heteroatoms. The van der Waals surface area contributed by atoms with E-state index >= 15 is 0 Å². The highest BCUT2D eigenvalue weighted by molar-refractivity contribution is 6.35. The van der Waals surface area contributed by atoms with E-state index in [9.17, 15) is 4.79 Å². The second kappa shape index (κ2) is 8.97. The predicted octanol–water partition coefficient (Wildman–Crippen LogP) is 3.85. The molecular weight excluding hydrogens is 343 g/mol. The van der Waals surface area contributed by atoms with Crippen LogP contribution in [0, 0.1) is 5.92 Å². The van der Waals surface area contributed by atoms with Gasteiger partial charge in [-0.05, 0) is 57.4 Å². The van der Waals surface area contributed by atoms with Crippen molar-refractivity contribution in [1.82, 2.24) is 10.6 Å². The molecule has 1 fully saturated rings. The van der Waals surface area contributed by atoms with E-state index in [-0.39, 0.29) is 30.3 Å². The number of piperidine rings is 1. The number of amides is 1. The van der Waals surface area contributed by atoms with Crippen LogP contribution in [0.5, 0.6) is 0 Å². The maximum Gasteiger partial charge on any atom is 0.223 e. The first-order valence-electron chi connectivity index (χ1n) is 7.43. The molecule has 0 aliphatic carbocycles. The van der Waals surface area contributed by atoms with Crippen molar-refractivity contribution in [2.75, 3.05) is 6.54 Å². The van der Waals surface area contributed by atoms with Gasteiger partial charge in [-0.2, -0.15) is 0 Å². The molecule has 1 saturated heterocycles. The summed E-state index contributed by atoms with van der Waals surface area (Å²) in [6, 6.07) is 5.95. The second-order valence-corrected chi connectivity index (χ2v) is 6.77. The molecule has 1 heterocycles. The molecule has 0 radical (unpaired) electrons. The number of carbonyl (C=O) groups is 1. The molecule has 0 saturated carbocycles. The summed E-state index contributed by atoms with van der Waals surface area (Å²) >= 11 is 12.1. The number of hydrogen-bond donors (Lipinski definition) is 2. The summed E-state index contributed by atoms with van der Waals surface area (Å²) in [5.74, 6) is 0.269. The summed E-state index contributed by atoms with van der Waals surface area (Å²) in [5, 5.41) is 7.75. The van der Waals surface area contributed by atoms with Gasteiger partial charge in [0.25, 0.3) is 0 Å². The first-order valence-corrected chi connectivity index (χ1v) is 8.19. The average Bonchev–Trinajstić information content (AvgIpc) is 2.42. The van der Waals surface area contributed by atoms with Crippen LogP contribution in [-0.4, -0.2) is 24.5 Å². The smallest absolute Gasteiger partial charge is 0.223 e. The highest BCUT2D eigenvalue weighted by atomic mass is 35.5. The third-order valence-corrected chi connectivity index (χ3v) is 4.51. The van der Waals surface area contributed by atoms with Gasteiger partial charge in [-0.25, -0.2) is 0 Å². The van der Waals surface area contributed by atoms with Crippen LogP contribution in [0.3, 0.4) is 0 Å². The van der Waals surface area contributed by atoms with Gasteiger partial charge in [0.15, 0.2) is 0 Å². The Balaban J connectivity index is 0.00000242. The van der Waals surface area contributed by atoms with E-state index in [1.807, 2.05) is 19.1 Å². The summed E-state index contributed by atoms with van der Waals surface area (Å²) < 4.78 is 0. The number of halogens is 3. The molecule has 3 atom stereocenters. The van der Waals surface area contributed by atoms with Crippen molar-refractivity contribution < 1.29 is 4.79 Å². The lowest BCUT2D eigenvalue weighted by Gasteiger charge is -2.28. The Bertz CT molecular complexity index is 510. The molecule has 3 nitrogen and oxygen atoms in total. The van der Waals surface area contributed by atoms with Crippen molar-refractivity contribution in [3.63, 3.8) is 0 Å². The van der Waals surface area contributed by atoms with Crippen LogP contribution < -0.4 is 10.6 Å². The van der Waals surface area contributed by atoms with Gasteiger partial charge in [-0.3, -0.25) is 4.79 Å². The highest BCUT2D eigenvalue weighted by Crippen LogP contribution is 2.22. The first kappa shape index (κ1) is 19.6. The van der Waals surface area contributed by atoms with E-state index in [2.05, 4.69) is 17.6 Å². The molecule has 124 valence electrons. The standard InChI is InChI=1S/C16H22Cl2N2O.ClH/c1-10-7-13(5-6-19-10)16(21)20-11(2)8-12-3-4-14(17)9-15(12)18;/h3-4,9-11,13,19H,5-8H2,1-2H3,(H,20,21);1H/t10-,11?,13-;/m0./s1. The van der Waals surface area contributed by atoms with E-state index < -0.39 is 0 Å². The molecule has 2 rings (SSSR count). The van der Waals surface area contributed by atoms with Crippen molar-refractivity contribution in [2.24, 2.45) is 5.92 Å². The predicted molar refractivity (Wildman–Crippen MR) is 95.2 cm³/mol. The van der Waals surface area contributed by atoms with Gasteiger partial charge in [0.2, 0.25) is 5.91 Å². The molecule has 2 N–H and O–H groups in total. The zero-order valence-electron chi connectivity index (χ0n) is 12.9. The Morgan fingerprint density at radius 2 is 2.18 bits per heavy atom. The van der Waals surface area contributed by atoms with Crippen LogP contribution in [0.1, 0.15) is 32.3 Å². The van der Waals surface area contributed by atoms with Crippen molar-refractivity contribution in [2.45, 2.75) is 45.2 Å². The fraction of sp³-hybridized carbons (Fsp3) is 0.562. The average molecular weight is 366 g/mol. The SMILES string of the molecule is CC(Cc1ccc(Cl)cc1Cl)NC(=O)[C@H]1CCN[C@@H](C)C1.Cl. The zero-order valence-corrected chi connectivity index (χ0v) is 15.2. The van der Waals surface area contributed by atoms with Gasteiger partial charge in [-0.15, -0.1) is 12.4 Å². The molecule has 1 aromatic rings. The van der Waals surface area contributed by atoms with Crippen LogP contribution in [0.15, 0.2) is 18.2 Å². The van der Waals surface area contributed by atoms with Gasteiger partial charge >= 0.3 is 0 Å². The third kappa shape index (κ3) is 5.62. The maximum atomic E-state index is 12.3. The molecule has 1 aliphatic rings. The Morgan fingerprint density at radius 3 is 2.82 bits per heavy atom. The molecule has 1 aromatic carbocycles. The number of benzene rings is 1. The van der Waals surface area contributed by atoms with Crippen LogP contribution >= 0.6 is 35.6 Å². The lowest BCUT2D eigenvalue weighted by atomic mass is 9.92. The van der Waals surface area contributed by atoms with Crippen LogP contribution in [0.4, 0.5) is 0 Å². The second-order valence-electron chi connectivity index (χ2n) is 5.93. The Morgan fingerprint density at radius 1 is 1.45 bits per heavy atom. The molecule has 1 aliphatic heterocycles. The lowest BCUT2D eigenvalue weighted by molar-refractivity contribution is -0.126. The molecule has 0 bridgehead atoms. The topological polar surface area (TPSA) is 41.1 Å². The minimum absolute atomic E-state index is 0. The van der Waals surface area contributed by atoms with E-state index in [1.165, 1.54) is 0 Å². The monoisotopic (exact) mass is 364 g/mol. The quantitative estimate of drug-likeness (QED) is 0.851. The first-order chi connectivity index (χ1) is 9.95. The van der Waals surface area contributed by atoms with Crippen LogP contribution in [-0.2, 0) is 11.2 Å². The van der Waals surface area contributed by atoms with Gasteiger partial charge in [-0.1, -0.05) is 29.3 Å². The Hall–Kier alpha value is -0.480. The lowest BCUT2D eigenvalue weighted by Crippen LogP contribution is -2.45. The summed E-state index contributed by atoms with van der Waals surface area (Å²) in [7, 11) is 0. The highest BCUT2D eigenvalue weighted by Gasteiger charge is 2.25. The number of hydrogen-bond acceptors (Lipinski definition) is 2. The summed E-state index contributed by atoms with van der Waals surface area (Å²) in [6.07, 6.45) is 2.52. The molecule has 0 spiro atoms. The molecule has 1 amide bonds. The van der Waals surface area contributed by atoms with Gasteiger partial charge in [0.05, 0.1) is 0 Å². The third-order valence-electron chi connectivity index (χ3n) is 3.92. The Labute approximate surface area is 148 Å². The molecular formula is C16H23Cl3N2O.